The lowest BCUT2D eigenvalue weighted by molar-refractivity contribution is -0.123. The monoisotopic (exact) mass is 394 g/mol. The minimum atomic E-state index is -3.68. The topological polar surface area (TPSA) is 75.7 Å². The van der Waals surface area contributed by atoms with Gasteiger partial charge in [-0.1, -0.05) is 11.6 Å². The van der Waals surface area contributed by atoms with Crippen molar-refractivity contribution in [3.8, 4) is 5.75 Å². The number of nitrogens with one attached hydrogen (secondary N) is 1. The molecule has 2 aromatic rings. The number of anilines is 1. The molecule has 0 unspecified atom stereocenters. The fourth-order valence-corrected chi connectivity index (χ4v) is 3.62. The molecule has 6 nitrogen and oxygen atoms in total. The average molecular weight is 395 g/mol. The van der Waals surface area contributed by atoms with Crippen LogP contribution in [0.15, 0.2) is 53.4 Å². The fourth-order valence-electron chi connectivity index (χ4n) is 2.30. The zero-order chi connectivity index (χ0) is 18.7. The number of carbonyl (C=O) groups is 1. The Labute approximate surface area is 157 Å². The maximum atomic E-state index is 12.7. The van der Waals surface area contributed by atoms with Crippen LogP contribution in [0.1, 0.15) is 12.8 Å². The SMILES string of the molecule is CN(c1ccc(OCC(=O)NC2CC2)cc1)S(=O)(=O)c1ccc(Cl)cc1. The molecule has 0 atom stereocenters. The summed E-state index contributed by atoms with van der Waals surface area (Å²) < 4.78 is 31.9. The summed E-state index contributed by atoms with van der Waals surface area (Å²) in [4.78, 5) is 11.8. The largest absolute Gasteiger partial charge is 0.484 e. The molecule has 3 rings (SSSR count). The summed E-state index contributed by atoms with van der Waals surface area (Å²) in [6.07, 6.45) is 2.05. The van der Waals surface area contributed by atoms with E-state index in [-0.39, 0.29) is 17.4 Å². The average Bonchev–Trinajstić information content (AvgIpc) is 3.44. The molecule has 0 aromatic heterocycles. The van der Waals surface area contributed by atoms with Gasteiger partial charge in [0, 0.05) is 18.1 Å². The normalized spacial score (nSPS) is 13.9. The second-order valence-corrected chi connectivity index (χ2v) is 8.46. The van der Waals surface area contributed by atoms with E-state index in [0.29, 0.717) is 22.5 Å². The van der Waals surface area contributed by atoms with Crippen molar-refractivity contribution in [2.24, 2.45) is 0 Å². The molecule has 0 aliphatic heterocycles. The highest BCUT2D eigenvalue weighted by Gasteiger charge is 2.23. The molecular formula is C18H19ClN2O4S. The van der Waals surface area contributed by atoms with Crippen molar-refractivity contribution in [3.63, 3.8) is 0 Å². The number of hydrogen-bond donors (Lipinski definition) is 1. The highest BCUT2D eigenvalue weighted by molar-refractivity contribution is 7.92. The van der Waals surface area contributed by atoms with Crippen LogP contribution < -0.4 is 14.4 Å². The Morgan fingerprint density at radius 1 is 1.15 bits per heavy atom. The third-order valence-corrected chi connectivity index (χ3v) is 6.04. The summed E-state index contributed by atoms with van der Waals surface area (Å²) in [5.74, 6) is 0.344. The van der Waals surface area contributed by atoms with Crippen molar-refractivity contribution in [2.75, 3.05) is 18.0 Å². The third-order valence-electron chi connectivity index (χ3n) is 3.98. The van der Waals surface area contributed by atoms with Gasteiger partial charge in [-0.2, -0.15) is 0 Å². The lowest BCUT2D eigenvalue weighted by atomic mass is 10.3. The Balaban J connectivity index is 1.65. The smallest absolute Gasteiger partial charge is 0.264 e. The number of halogens is 1. The summed E-state index contributed by atoms with van der Waals surface area (Å²) in [6, 6.07) is 12.8. The van der Waals surface area contributed by atoms with Crippen molar-refractivity contribution in [1.29, 1.82) is 0 Å². The summed E-state index contributed by atoms with van der Waals surface area (Å²) in [7, 11) is -2.21. The molecule has 138 valence electrons. The van der Waals surface area contributed by atoms with Gasteiger partial charge < -0.3 is 10.1 Å². The highest BCUT2D eigenvalue weighted by Crippen LogP contribution is 2.25. The van der Waals surface area contributed by atoms with Gasteiger partial charge in [0.05, 0.1) is 10.6 Å². The standard InChI is InChI=1S/C18H19ClN2O4S/c1-21(26(23,24)17-10-2-13(19)3-11-17)15-6-8-16(9-7-15)25-12-18(22)20-14-4-5-14/h2-3,6-11,14H,4-5,12H2,1H3,(H,20,22). The van der Waals surface area contributed by atoms with Crippen LogP contribution in [0.25, 0.3) is 0 Å². The zero-order valence-electron chi connectivity index (χ0n) is 14.2. The predicted molar refractivity (Wildman–Crippen MR) is 100 cm³/mol. The second kappa shape index (κ2) is 7.55. The molecule has 26 heavy (non-hydrogen) atoms. The minimum Gasteiger partial charge on any atom is -0.484 e. The van der Waals surface area contributed by atoms with Crippen LogP contribution in [0, 0.1) is 0 Å². The molecule has 0 saturated heterocycles. The maximum Gasteiger partial charge on any atom is 0.264 e. The van der Waals surface area contributed by atoms with Crippen molar-refractivity contribution < 1.29 is 17.9 Å². The summed E-state index contributed by atoms with van der Waals surface area (Å²) in [5.41, 5.74) is 0.481. The van der Waals surface area contributed by atoms with Crippen LogP contribution in [-0.2, 0) is 14.8 Å². The Hall–Kier alpha value is -2.25. The number of rotatable bonds is 7. The quantitative estimate of drug-likeness (QED) is 0.783. The van der Waals surface area contributed by atoms with E-state index in [4.69, 9.17) is 16.3 Å². The molecule has 2 aromatic carbocycles. The minimum absolute atomic E-state index is 0.0608. The summed E-state index contributed by atoms with van der Waals surface area (Å²) in [6.45, 7) is -0.0608. The molecule has 0 heterocycles. The molecule has 0 spiro atoms. The van der Waals surface area contributed by atoms with Gasteiger partial charge in [-0.3, -0.25) is 9.10 Å². The van der Waals surface area contributed by atoms with Crippen LogP contribution in [0.3, 0.4) is 0 Å². The molecule has 1 amide bonds. The van der Waals surface area contributed by atoms with Crippen molar-refractivity contribution in [3.05, 3.63) is 53.6 Å². The van der Waals surface area contributed by atoms with E-state index in [9.17, 15) is 13.2 Å². The van der Waals surface area contributed by atoms with Crippen LogP contribution >= 0.6 is 11.6 Å². The lowest BCUT2D eigenvalue weighted by Gasteiger charge is -2.20. The van der Waals surface area contributed by atoms with Gasteiger partial charge in [0.15, 0.2) is 6.61 Å². The van der Waals surface area contributed by atoms with E-state index in [1.165, 1.54) is 35.6 Å². The second-order valence-electron chi connectivity index (χ2n) is 6.05. The van der Waals surface area contributed by atoms with Crippen LogP contribution in [0.4, 0.5) is 5.69 Å². The number of sulfonamides is 1. The molecule has 1 N–H and O–H groups in total. The maximum absolute atomic E-state index is 12.7. The number of ether oxygens (including phenoxy) is 1. The lowest BCUT2D eigenvalue weighted by Crippen LogP contribution is -2.30. The number of nitrogens with zero attached hydrogens (tertiary/aromatic N) is 1. The first-order chi connectivity index (χ1) is 12.4. The van der Waals surface area contributed by atoms with Gasteiger partial charge in [-0.05, 0) is 61.4 Å². The molecule has 1 fully saturated rings. The van der Waals surface area contributed by atoms with Gasteiger partial charge in [-0.25, -0.2) is 8.42 Å². The van der Waals surface area contributed by atoms with Gasteiger partial charge in [-0.15, -0.1) is 0 Å². The van der Waals surface area contributed by atoms with E-state index in [1.54, 1.807) is 24.3 Å². The Kier molecular flexibility index (Phi) is 5.38. The van der Waals surface area contributed by atoms with E-state index in [2.05, 4.69) is 5.32 Å². The molecule has 0 radical (unpaired) electrons. The Morgan fingerprint density at radius 2 is 1.77 bits per heavy atom. The first-order valence-corrected chi connectivity index (χ1v) is 9.95. The Bertz CT molecular complexity index is 878. The fraction of sp³-hybridized carbons (Fsp3) is 0.278. The molecule has 0 bridgehead atoms. The van der Waals surface area contributed by atoms with E-state index < -0.39 is 10.0 Å². The van der Waals surface area contributed by atoms with Crippen LogP contribution in [0.2, 0.25) is 5.02 Å². The van der Waals surface area contributed by atoms with Crippen molar-refractivity contribution in [1.82, 2.24) is 5.32 Å². The van der Waals surface area contributed by atoms with E-state index in [1.807, 2.05) is 0 Å². The molecular weight excluding hydrogens is 376 g/mol. The van der Waals surface area contributed by atoms with Crippen molar-refractivity contribution >= 4 is 33.2 Å². The summed E-state index contributed by atoms with van der Waals surface area (Å²) >= 11 is 5.81. The third kappa shape index (κ3) is 4.47. The highest BCUT2D eigenvalue weighted by atomic mass is 35.5. The number of benzene rings is 2. The Morgan fingerprint density at radius 3 is 2.35 bits per heavy atom. The molecule has 1 aliphatic rings. The molecule has 1 saturated carbocycles. The van der Waals surface area contributed by atoms with Gasteiger partial charge in [0.2, 0.25) is 0 Å². The van der Waals surface area contributed by atoms with E-state index >= 15 is 0 Å². The number of hydrogen-bond acceptors (Lipinski definition) is 4. The first kappa shape index (κ1) is 18.5. The first-order valence-electron chi connectivity index (χ1n) is 8.13. The van der Waals surface area contributed by atoms with Gasteiger partial charge in [0.1, 0.15) is 5.75 Å². The van der Waals surface area contributed by atoms with Crippen molar-refractivity contribution in [2.45, 2.75) is 23.8 Å². The van der Waals surface area contributed by atoms with Gasteiger partial charge in [0.25, 0.3) is 15.9 Å². The van der Waals surface area contributed by atoms with E-state index in [0.717, 1.165) is 12.8 Å². The van der Waals surface area contributed by atoms with Crippen LogP contribution in [-0.4, -0.2) is 34.0 Å². The van der Waals surface area contributed by atoms with Gasteiger partial charge >= 0.3 is 0 Å². The predicted octanol–water partition coefficient (Wildman–Crippen LogP) is 2.82. The molecule has 8 heteroatoms. The number of amides is 1. The molecule has 1 aliphatic carbocycles. The number of carbonyl (C=O) groups excluding carboxylic acids is 1. The summed E-state index contributed by atoms with van der Waals surface area (Å²) in [5, 5.41) is 3.31. The van der Waals surface area contributed by atoms with Crippen LogP contribution in [0.5, 0.6) is 5.75 Å². The zero-order valence-corrected chi connectivity index (χ0v) is 15.8.